The Labute approximate surface area is 261 Å². The van der Waals surface area contributed by atoms with E-state index in [0.717, 1.165) is 13.0 Å². The van der Waals surface area contributed by atoms with Crippen LogP contribution in [0.15, 0.2) is 67.0 Å². The number of nitrogens with one attached hydrogen (secondary N) is 1. The highest BCUT2D eigenvalue weighted by molar-refractivity contribution is 5.84. The second-order valence-corrected chi connectivity index (χ2v) is 11.0. The number of aliphatic hydroxyl groups is 3. The van der Waals surface area contributed by atoms with Gasteiger partial charge < -0.3 is 41.1 Å². The maximum atomic E-state index is 10.7. The van der Waals surface area contributed by atoms with E-state index in [9.17, 15) is 28.5 Å². The van der Waals surface area contributed by atoms with E-state index in [1.54, 1.807) is 4.57 Å². The summed E-state index contributed by atoms with van der Waals surface area (Å²) in [7, 11) is 0. The number of rotatable bonds is 8. The van der Waals surface area contributed by atoms with E-state index in [1.165, 1.54) is 17.5 Å². The summed E-state index contributed by atoms with van der Waals surface area (Å²) in [5.41, 5.74) is 9.49. The molecule has 2 aliphatic heterocycles. The number of carbonyl (C=O) groups is 1. The fourth-order valence-corrected chi connectivity index (χ4v) is 5.43. The summed E-state index contributed by atoms with van der Waals surface area (Å²) in [6.07, 6.45) is -7.07. The molecule has 7 N–H and O–H groups in total. The number of carboxylic acid groups (broad SMARTS) is 1. The smallest absolute Gasteiger partial charge is 0.475 e. The molecule has 46 heavy (non-hydrogen) atoms. The zero-order valence-corrected chi connectivity index (χ0v) is 24.4. The summed E-state index contributed by atoms with van der Waals surface area (Å²) in [6, 6.07) is 20.6. The van der Waals surface area contributed by atoms with Gasteiger partial charge in [-0.05, 0) is 17.5 Å². The van der Waals surface area contributed by atoms with Gasteiger partial charge in [0.05, 0.1) is 12.9 Å². The van der Waals surface area contributed by atoms with Gasteiger partial charge in [0.1, 0.15) is 18.3 Å². The summed E-state index contributed by atoms with van der Waals surface area (Å²) in [4.78, 5) is 25.2. The van der Waals surface area contributed by atoms with Crippen molar-refractivity contribution in [2.24, 2.45) is 5.73 Å². The fourth-order valence-electron chi connectivity index (χ4n) is 5.43. The lowest BCUT2D eigenvalue weighted by atomic mass is 9.91. The first-order valence-electron chi connectivity index (χ1n) is 14.5. The van der Waals surface area contributed by atoms with Crippen LogP contribution in [0.2, 0.25) is 0 Å². The summed E-state index contributed by atoms with van der Waals surface area (Å²) < 4.78 is 39.1. The molecular formula is C30H34F3N7O6. The highest BCUT2D eigenvalue weighted by Crippen LogP contribution is 2.34. The number of aliphatic carboxylic acids is 1. The van der Waals surface area contributed by atoms with Gasteiger partial charge in [-0.3, -0.25) is 4.57 Å². The van der Waals surface area contributed by atoms with E-state index in [1.807, 2.05) is 41.3 Å². The van der Waals surface area contributed by atoms with Crippen molar-refractivity contribution in [3.8, 4) is 0 Å². The lowest BCUT2D eigenvalue weighted by molar-refractivity contribution is -0.192. The molecule has 5 atom stereocenters. The average molecular weight is 646 g/mol. The Bertz CT molecular complexity index is 1570. The molecule has 246 valence electrons. The molecule has 16 heteroatoms. The standard InChI is InChI=1S/C28H33N7O4.C2HF3O2/c29-19-11-12-34(14-19)28-32-25(30-13-20(17-7-3-1-4-8-17)18-9-5-2-6-10-18)22-26(33-28)35(16-31-22)27-24(38)23(37)21(15-36)39-27;3-2(4,5)1(6)7/h1-10,16,19-21,23-24,27,36-38H,11-15,29H2,(H,30,32,33);(H,6,7)/t19-,21+,23+,24+,27+;/m0./s1. The first-order chi connectivity index (χ1) is 22.0. The molecule has 2 aromatic heterocycles. The number of nitrogens with zero attached hydrogens (tertiary/aromatic N) is 5. The minimum Gasteiger partial charge on any atom is -0.475 e. The number of aromatic nitrogens is 4. The van der Waals surface area contributed by atoms with Crippen molar-refractivity contribution < 1.29 is 43.1 Å². The van der Waals surface area contributed by atoms with Crippen LogP contribution in [0.5, 0.6) is 0 Å². The van der Waals surface area contributed by atoms with E-state index in [4.69, 9.17) is 30.3 Å². The Balaban J connectivity index is 0.000000537. The molecule has 2 aromatic carbocycles. The second-order valence-electron chi connectivity index (χ2n) is 11.0. The molecule has 2 fully saturated rings. The maximum absolute atomic E-state index is 10.7. The van der Waals surface area contributed by atoms with Crippen LogP contribution in [0.1, 0.15) is 29.7 Å². The molecule has 4 heterocycles. The number of hydrogen-bond donors (Lipinski definition) is 6. The second kappa shape index (κ2) is 14.0. The van der Waals surface area contributed by atoms with Crippen LogP contribution in [-0.4, -0.2) is 103 Å². The minimum absolute atomic E-state index is 0.0339. The van der Waals surface area contributed by atoms with Crippen LogP contribution in [0.3, 0.4) is 0 Å². The van der Waals surface area contributed by atoms with E-state index in [-0.39, 0.29) is 12.0 Å². The van der Waals surface area contributed by atoms with Gasteiger partial charge in [-0.15, -0.1) is 0 Å². The van der Waals surface area contributed by atoms with Crippen LogP contribution in [-0.2, 0) is 9.53 Å². The third-order valence-corrected chi connectivity index (χ3v) is 7.83. The van der Waals surface area contributed by atoms with Gasteiger partial charge in [-0.1, -0.05) is 60.7 Å². The fraction of sp³-hybridized carbons (Fsp3) is 0.400. The van der Waals surface area contributed by atoms with Crippen molar-refractivity contribution in [3.05, 3.63) is 78.1 Å². The van der Waals surface area contributed by atoms with Crippen LogP contribution >= 0.6 is 0 Å². The van der Waals surface area contributed by atoms with E-state index >= 15 is 0 Å². The lowest BCUT2D eigenvalue weighted by Crippen LogP contribution is -2.33. The summed E-state index contributed by atoms with van der Waals surface area (Å²) in [5, 5.41) is 41.2. The number of anilines is 2. The number of halogens is 3. The highest BCUT2D eigenvalue weighted by atomic mass is 19.4. The van der Waals surface area contributed by atoms with E-state index in [2.05, 4.69) is 34.6 Å². The highest BCUT2D eigenvalue weighted by Gasteiger charge is 2.44. The van der Waals surface area contributed by atoms with E-state index < -0.39 is 43.3 Å². The van der Waals surface area contributed by atoms with Crippen molar-refractivity contribution in [1.29, 1.82) is 0 Å². The molecule has 6 rings (SSSR count). The number of nitrogens with two attached hydrogens (primary N) is 1. The third-order valence-electron chi connectivity index (χ3n) is 7.83. The van der Waals surface area contributed by atoms with Crippen LogP contribution in [0, 0.1) is 0 Å². The van der Waals surface area contributed by atoms with Gasteiger partial charge >= 0.3 is 12.1 Å². The van der Waals surface area contributed by atoms with Crippen LogP contribution in [0.4, 0.5) is 24.9 Å². The molecule has 0 spiro atoms. The summed E-state index contributed by atoms with van der Waals surface area (Å²) in [5.74, 6) is -1.64. The molecule has 4 aromatic rings. The van der Waals surface area contributed by atoms with Crippen molar-refractivity contribution >= 4 is 28.9 Å². The molecule has 0 unspecified atom stereocenters. The number of benzene rings is 2. The summed E-state index contributed by atoms with van der Waals surface area (Å²) in [6.45, 7) is 1.49. The number of aliphatic hydroxyl groups excluding tert-OH is 3. The Hall–Kier alpha value is -4.35. The molecule has 0 saturated carbocycles. The van der Waals surface area contributed by atoms with Gasteiger partial charge in [0, 0.05) is 31.6 Å². The van der Waals surface area contributed by atoms with Crippen LogP contribution < -0.4 is 16.0 Å². The minimum atomic E-state index is -5.08. The van der Waals surface area contributed by atoms with Gasteiger partial charge in [0.2, 0.25) is 5.95 Å². The zero-order valence-electron chi connectivity index (χ0n) is 24.4. The van der Waals surface area contributed by atoms with Crippen molar-refractivity contribution in [2.75, 3.05) is 36.5 Å². The average Bonchev–Trinajstić information content (AvgIpc) is 3.75. The van der Waals surface area contributed by atoms with Gasteiger partial charge in [-0.2, -0.15) is 23.1 Å². The van der Waals surface area contributed by atoms with Crippen molar-refractivity contribution in [1.82, 2.24) is 19.5 Å². The number of alkyl halides is 3. The normalized spacial score (nSPS) is 23.0. The SMILES string of the molecule is N[C@H]1CCN(c2nc(NCC(c3ccccc3)c3ccccc3)c3ncn([C@@H]4O[C@H](CO)[C@@H](O)[C@H]4O)c3n2)C1.O=C(O)C(F)(F)F. The number of hydrogen-bond acceptors (Lipinski definition) is 11. The molecule has 0 aliphatic carbocycles. The predicted octanol–water partition coefficient (Wildman–Crippen LogP) is 1.85. The molecule has 0 amide bonds. The monoisotopic (exact) mass is 645 g/mol. The molecule has 0 radical (unpaired) electrons. The van der Waals surface area contributed by atoms with Crippen LogP contribution in [0.25, 0.3) is 11.2 Å². The molecule has 2 saturated heterocycles. The van der Waals surface area contributed by atoms with E-state index in [0.29, 0.717) is 36.0 Å². The molecule has 0 bridgehead atoms. The Kier molecular flexibility index (Phi) is 10.0. The van der Waals surface area contributed by atoms with Gasteiger partial charge in [-0.25, -0.2) is 9.78 Å². The Morgan fingerprint density at radius 2 is 1.65 bits per heavy atom. The van der Waals surface area contributed by atoms with Gasteiger partial charge in [0.25, 0.3) is 0 Å². The summed E-state index contributed by atoms with van der Waals surface area (Å²) >= 11 is 0. The van der Waals surface area contributed by atoms with Crippen molar-refractivity contribution in [3.63, 3.8) is 0 Å². The topological polar surface area (TPSA) is 192 Å². The first-order valence-corrected chi connectivity index (χ1v) is 14.5. The molecule has 2 aliphatic rings. The Morgan fingerprint density at radius 3 is 2.15 bits per heavy atom. The number of carboxylic acids is 1. The predicted molar refractivity (Wildman–Crippen MR) is 160 cm³/mol. The molecule has 13 nitrogen and oxygen atoms in total. The molecular weight excluding hydrogens is 611 g/mol. The number of fused-ring (bicyclic) bond motifs is 1. The zero-order chi connectivity index (χ0) is 33.0. The van der Waals surface area contributed by atoms with Gasteiger partial charge in [0.15, 0.2) is 23.2 Å². The first kappa shape index (κ1) is 33.0. The number of imidazole rings is 1. The Morgan fingerprint density at radius 1 is 1.04 bits per heavy atom. The largest absolute Gasteiger partial charge is 0.490 e. The lowest BCUT2D eigenvalue weighted by Gasteiger charge is -2.21. The van der Waals surface area contributed by atoms with Crippen molar-refractivity contribution in [2.45, 2.75) is 49.1 Å². The quantitative estimate of drug-likeness (QED) is 0.163. The number of ether oxygens (including phenoxy) is 1. The third kappa shape index (κ3) is 7.21. The maximum Gasteiger partial charge on any atom is 0.490 e.